The number of aromatic amines is 1. The molecule has 1 aliphatic heterocycles. The molecular weight excluding hydrogens is 412 g/mol. The molecule has 1 amide bonds. The number of nitrogens with one attached hydrogen (secondary N) is 2. The highest BCUT2D eigenvalue weighted by Crippen LogP contribution is 2.36. The molecule has 1 aliphatic carbocycles. The van der Waals surface area contributed by atoms with Crippen LogP contribution >= 0.6 is 11.6 Å². The van der Waals surface area contributed by atoms with Crippen molar-refractivity contribution in [3.8, 4) is 0 Å². The minimum atomic E-state index is -3.30. The zero-order chi connectivity index (χ0) is 20.8. The van der Waals surface area contributed by atoms with Crippen molar-refractivity contribution in [1.82, 2.24) is 10.3 Å². The molecule has 4 rings (SSSR count). The number of hydrogen-bond acceptors (Lipinski definition) is 4. The summed E-state index contributed by atoms with van der Waals surface area (Å²) in [6, 6.07) is 8.26. The molecule has 1 aromatic carbocycles. The van der Waals surface area contributed by atoms with E-state index in [4.69, 9.17) is 11.6 Å². The molecule has 0 bridgehead atoms. The lowest BCUT2D eigenvalue weighted by atomic mass is 9.97. The van der Waals surface area contributed by atoms with Crippen molar-refractivity contribution in [3.63, 3.8) is 0 Å². The fourth-order valence-electron chi connectivity index (χ4n) is 3.61. The lowest BCUT2D eigenvalue weighted by Crippen LogP contribution is -2.23. The van der Waals surface area contributed by atoms with Crippen LogP contribution in [0.2, 0.25) is 5.02 Å². The average molecular weight is 433 g/mol. The summed E-state index contributed by atoms with van der Waals surface area (Å²) in [5, 5.41) is 2.71. The number of carbonyl (C=O) groups is 1. The normalized spacial score (nSPS) is 20.0. The molecule has 2 heterocycles. The van der Waals surface area contributed by atoms with Crippen molar-refractivity contribution in [2.24, 2.45) is 0 Å². The number of pyridine rings is 1. The number of H-pyrrole nitrogens is 1. The Morgan fingerprint density at radius 3 is 2.48 bits per heavy atom. The van der Waals surface area contributed by atoms with Crippen LogP contribution in [0.15, 0.2) is 46.1 Å². The summed E-state index contributed by atoms with van der Waals surface area (Å²) in [4.78, 5) is 26.8. The number of aryl methyl sites for hydroxylation is 1. The van der Waals surface area contributed by atoms with Crippen molar-refractivity contribution in [2.45, 2.75) is 48.8 Å². The van der Waals surface area contributed by atoms with E-state index in [9.17, 15) is 18.0 Å². The smallest absolute Gasteiger partial charge is 0.267 e. The molecule has 152 valence electrons. The maximum absolute atomic E-state index is 12.6. The summed E-state index contributed by atoms with van der Waals surface area (Å²) < 4.78 is 25.3. The third kappa shape index (κ3) is 4.02. The fraction of sp³-hybridized carbons (Fsp3) is 0.333. The summed E-state index contributed by atoms with van der Waals surface area (Å²) in [6.45, 7) is 1.78. The van der Waals surface area contributed by atoms with Gasteiger partial charge in [-0.2, -0.15) is 0 Å². The Hall–Kier alpha value is -2.38. The van der Waals surface area contributed by atoms with Crippen LogP contribution in [0.1, 0.15) is 42.5 Å². The summed E-state index contributed by atoms with van der Waals surface area (Å²) in [5.74, 6) is -0.0164. The SMILES string of the molecule is Cc1cc(/C(=C\C2CCC(=O)N2)c2ccc(Cl)c(=O)[nH]2)ccc1S(=O)(=O)C1CC1. The molecular formula is C21H21ClN2O4S. The first-order valence-corrected chi connectivity index (χ1v) is 11.4. The molecule has 0 spiro atoms. The minimum Gasteiger partial charge on any atom is -0.350 e. The van der Waals surface area contributed by atoms with Crippen molar-refractivity contribution in [3.05, 3.63) is 68.6 Å². The van der Waals surface area contributed by atoms with Crippen LogP contribution in [0.4, 0.5) is 0 Å². The Balaban J connectivity index is 1.79. The predicted molar refractivity (Wildman–Crippen MR) is 112 cm³/mol. The number of carbonyl (C=O) groups excluding carboxylic acids is 1. The lowest BCUT2D eigenvalue weighted by Gasteiger charge is -2.14. The van der Waals surface area contributed by atoms with Gasteiger partial charge in [0.05, 0.1) is 10.1 Å². The van der Waals surface area contributed by atoms with Gasteiger partial charge in [-0.3, -0.25) is 9.59 Å². The highest BCUT2D eigenvalue weighted by molar-refractivity contribution is 7.92. The van der Waals surface area contributed by atoms with Crippen LogP contribution in [-0.4, -0.2) is 30.6 Å². The highest BCUT2D eigenvalue weighted by Gasteiger charge is 2.37. The molecule has 1 saturated heterocycles. The van der Waals surface area contributed by atoms with Crippen molar-refractivity contribution in [2.75, 3.05) is 0 Å². The van der Waals surface area contributed by atoms with Gasteiger partial charge in [-0.15, -0.1) is 0 Å². The molecule has 1 aromatic heterocycles. The first-order chi connectivity index (χ1) is 13.8. The van der Waals surface area contributed by atoms with E-state index < -0.39 is 15.4 Å². The van der Waals surface area contributed by atoms with Gasteiger partial charge in [-0.05, 0) is 55.5 Å². The Morgan fingerprint density at radius 2 is 1.90 bits per heavy atom. The van der Waals surface area contributed by atoms with Crippen LogP contribution < -0.4 is 10.9 Å². The molecule has 1 unspecified atom stereocenters. The molecule has 2 N–H and O–H groups in total. The van der Waals surface area contributed by atoms with Gasteiger partial charge in [-0.25, -0.2) is 8.42 Å². The van der Waals surface area contributed by atoms with E-state index in [1.54, 1.807) is 25.1 Å². The number of amides is 1. The van der Waals surface area contributed by atoms with Crippen molar-refractivity contribution >= 4 is 32.9 Å². The number of halogens is 1. The molecule has 29 heavy (non-hydrogen) atoms. The van der Waals surface area contributed by atoms with Crippen LogP contribution in [0, 0.1) is 6.92 Å². The molecule has 1 atom stereocenters. The first kappa shape index (κ1) is 19.9. The van der Waals surface area contributed by atoms with Gasteiger partial charge in [0, 0.05) is 23.7 Å². The second-order valence-electron chi connectivity index (χ2n) is 7.57. The Labute approximate surface area is 173 Å². The predicted octanol–water partition coefficient (Wildman–Crippen LogP) is 2.98. The van der Waals surface area contributed by atoms with Gasteiger partial charge in [0.2, 0.25) is 5.91 Å². The summed E-state index contributed by atoms with van der Waals surface area (Å²) >= 11 is 5.87. The number of rotatable bonds is 5. The van der Waals surface area contributed by atoms with E-state index >= 15 is 0 Å². The second-order valence-corrected chi connectivity index (χ2v) is 10.2. The zero-order valence-corrected chi connectivity index (χ0v) is 17.4. The molecule has 2 aromatic rings. The van der Waals surface area contributed by atoms with Crippen molar-refractivity contribution in [1.29, 1.82) is 0 Å². The van der Waals surface area contributed by atoms with Gasteiger partial charge in [0.15, 0.2) is 9.84 Å². The Bertz CT molecular complexity index is 1180. The fourth-order valence-corrected chi connectivity index (χ4v) is 5.60. The molecule has 0 radical (unpaired) electrons. The summed E-state index contributed by atoms with van der Waals surface area (Å²) in [6.07, 6.45) is 4.43. The van der Waals surface area contributed by atoms with E-state index in [1.807, 2.05) is 12.1 Å². The largest absolute Gasteiger partial charge is 0.350 e. The van der Waals surface area contributed by atoms with Gasteiger partial charge >= 0.3 is 0 Å². The van der Waals surface area contributed by atoms with Gasteiger partial charge in [0.1, 0.15) is 5.02 Å². The maximum Gasteiger partial charge on any atom is 0.267 e. The lowest BCUT2D eigenvalue weighted by molar-refractivity contribution is -0.119. The third-order valence-corrected chi connectivity index (χ3v) is 8.02. The van der Waals surface area contributed by atoms with E-state index in [-0.39, 0.29) is 22.2 Å². The maximum atomic E-state index is 12.6. The Kier molecular flexibility index (Phi) is 5.12. The highest BCUT2D eigenvalue weighted by atomic mass is 35.5. The van der Waals surface area contributed by atoms with Gasteiger partial charge in [-0.1, -0.05) is 29.8 Å². The molecule has 8 heteroatoms. The van der Waals surface area contributed by atoms with E-state index in [0.717, 1.165) is 5.56 Å². The van der Waals surface area contributed by atoms with Crippen LogP contribution in [0.25, 0.3) is 5.57 Å². The van der Waals surface area contributed by atoms with Crippen LogP contribution in [0.5, 0.6) is 0 Å². The van der Waals surface area contributed by atoms with Crippen molar-refractivity contribution < 1.29 is 13.2 Å². The van der Waals surface area contributed by atoms with Gasteiger partial charge < -0.3 is 10.3 Å². The van der Waals surface area contributed by atoms with Crippen LogP contribution in [-0.2, 0) is 14.6 Å². The summed E-state index contributed by atoms with van der Waals surface area (Å²) in [7, 11) is -3.30. The molecule has 1 saturated carbocycles. The summed E-state index contributed by atoms with van der Waals surface area (Å²) in [5.41, 5.74) is 2.28. The number of benzene rings is 1. The first-order valence-electron chi connectivity index (χ1n) is 9.51. The molecule has 6 nitrogen and oxygen atoms in total. The molecule has 2 aliphatic rings. The van der Waals surface area contributed by atoms with E-state index in [1.165, 1.54) is 6.07 Å². The standard InChI is InChI=1S/C21H21ClN2O4S/c1-12-10-13(2-8-19(12)29(27,28)15-4-5-15)16(11-14-3-9-20(25)23-14)18-7-6-17(22)21(26)24-18/h2,6-8,10-11,14-15H,3-5,9H2,1H3,(H,23,25)(H,24,26)/b16-11+. The number of hydrogen-bond donors (Lipinski definition) is 2. The zero-order valence-electron chi connectivity index (χ0n) is 15.9. The Morgan fingerprint density at radius 1 is 1.14 bits per heavy atom. The van der Waals surface area contributed by atoms with E-state index in [0.29, 0.717) is 47.4 Å². The van der Waals surface area contributed by atoms with Gasteiger partial charge in [0.25, 0.3) is 5.56 Å². The quantitative estimate of drug-likeness (QED) is 0.759. The second kappa shape index (κ2) is 7.46. The molecule has 2 fully saturated rings. The monoisotopic (exact) mass is 432 g/mol. The van der Waals surface area contributed by atoms with E-state index in [2.05, 4.69) is 10.3 Å². The average Bonchev–Trinajstić information content (AvgIpc) is 3.45. The number of aromatic nitrogens is 1. The topological polar surface area (TPSA) is 96.1 Å². The third-order valence-electron chi connectivity index (χ3n) is 5.30. The minimum absolute atomic E-state index is 0.0164. The number of sulfone groups is 1. The van der Waals surface area contributed by atoms with Crippen LogP contribution in [0.3, 0.4) is 0 Å².